The number of hydrogen-bond donors (Lipinski definition) is 0. The highest BCUT2D eigenvalue weighted by Crippen LogP contribution is 2.39. The highest BCUT2D eigenvalue weighted by molar-refractivity contribution is 7.89. The summed E-state index contributed by atoms with van der Waals surface area (Å²) in [5, 5.41) is 0.824. The van der Waals surface area contributed by atoms with E-state index in [9.17, 15) is 13.2 Å². The molecule has 0 unspecified atom stereocenters. The molecule has 0 saturated carbocycles. The number of aromatic nitrogens is 1. The Hall–Kier alpha value is -2.29. The van der Waals surface area contributed by atoms with Crippen LogP contribution in [-0.4, -0.2) is 36.8 Å². The van der Waals surface area contributed by atoms with Crippen LogP contribution in [0.2, 0.25) is 0 Å². The first-order chi connectivity index (χ1) is 13.5. The largest absolute Gasteiger partial charge is 0.462 e. The molecular formula is C20H20N2O4S2. The number of thiazole rings is 1. The van der Waals surface area contributed by atoms with Crippen molar-refractivity contribution in [1.82, 2.24) is 9.29 Å². The molecule has 28 heavy (non-hydrogen) atoms. The summed E-state index contributed by atoms with van der Waals surface area (Å²) in [6, 6.07) is 13.5. The van der Waals surface area contributed by atoms with E-state index in [0.717, 1.165) is 28.1 Å². The number of sulfonamides is 1. The molecule has 0 amide bonds. The van der Waals surface area contributed by atoms with Crippen molar-refractivity contribution in [2.45, 2.75) is 30.7 Å². The van der Waals surface area contributed by atoms with Gasteiger partial charge in [0.25, 0.3) is 0 Å². The standard InChI is InChI=1S/C20H20N2O4S2/c1-2-26-20(23)14-9-11-15(12-10-14)28(24,25)22-13-5-7-17(22)19-21-16-6-3-4-8-18(16)27-19/h3-4,6,8-12,17H,2,5,7,13H2,1H3/t17-/m0/s1. The second-order valence-electron chi connectivity index (χ2n) is 6.54. The zero-order valence-corrected chi connectivity index (χ0v) is 17.0. The van der Waals surface area contributed by atoms with E-state index < -0.39 is 16.0 Å². The molecule has 1 saturated heterocycles. The summed E-state index contributed by atoms with van der Waals surface area (Å²) in [6.45, 7) is 2.46. The third-order valence-electron chi connectivity index (χ3n) is 4.77. The topological polar surface area (TPSA) is 76.6 Å². The highest BCUT2D eigenvalue weighted by atomic mass is 32.2. The SMILES string of the molecule is CCOC(=O)c1ccc(S(=O)(=O)N2CCC[C@H]2c2nc3ccccc3s2)cc1. The number of esters is 1. The number of ether oxygens (including phenoxy) is 1. The lowest BCUT2D eigenvalue weighted by molar-refractivity contribution is 0.0526. The molecule has 0 radical (unpaired) electrons. The van der Waals surface area contributed by atoms with Gasteiger partial charge in [0.1, 0.15) is 5.01 Å². The van der Waals surface area contributed by atoms with Crippen LogP contribution in [0.5, 0.6) is 0 Å². The summed E-state index contributed by atoms with van der Waals surface area (Å²) in [5.41, 5.74) is 1.23. The Morgan fingerprint density at radius 2 is 1.96 bits per heavy atom. The van der Waals surface area contributed by atoms with E-state index in [0.29, 0.717) is 12.1 Å². The Morgan fingerprint density at radius 1 is 1.21 bits per heavy atom. The van der Waals surface area contributed by atoms with Crippen molar-refractivity contribution in [2.75, 3.05) is 13.2 Å². The smallest absolute Gasteiger partial charge is 0.338 e. The minimum absolute atomic E-state index is 0.175. The van der Waals surface area contributed by atoms with Crippen molar-refractivity contribution in [1.29, 1.82) is 0 Å². The van der Waals surface area contributed by atoms with Gasteiger partial charge in [-0.05, 0) is 56.2 Å². The molecule has 2 aromatic carbocycles. The van der Waals surface area contributed by atoms with Crippen molar-refractivity contribution < 1.29 is 17.9 Å². The number of carbonyl (C=O) groups is 1. The number of benzene rings is 2. The Kier molecular flexibility index (Phi) is 5.18. The Bertz CT molecular complexity index is 1070. The van der Waals surface area contributed by atoms with Gasteiger partial charge < -0.3 is 4.74 Å². The fourth-order valence-electron chi connectivity index (χ4n) is 3.42. The van der Waals surface area contributed by atoms with E-state index in [4.69, 9.17) is 4.74 Å². The molecule has 0 aliphatic carbocycles. The average Bonchev–Trinajstić information content (AvgIpc) is 3.35. The van der Waals surface area contributed by atoms with Gasteiger partial charge in [0.15, 0.2) is 0 Å². The summed E-state index contributed by atoms with van der Waals surface area (Å²) in [5.74, 6) is -0.458. The van der Waals surface area contributed by atoms with Crippen LogP contribution >= 0.6 is 11.3 Å². The molecule has 4 rings (SSSR count). The van der Waals surface area contributed by atoms with Crippen LogP contribution in [0.1, 0.15) is 41.2 Å². The highest BCUT2D eigenvalue weighted by Gasteiger charge is 2.37. The zero-order valence-electron chi connectivity index (χ0n) is 15.4. The van der Waals surface area contributed by atoms with E-state index >= 15 is 0 Å². The minimum atomic E-state index is -3.68. The maximum atomic E-state index is 13.2. The number of fused-ring (bicyclic) bond motifs is 1. The minimum Gasteiger partial charge on any atom is -0.462 e. The Balaban J connectivity index is 1.63. The summed E-state index contributed by atoms with van der Waals surface area (Å²) in [4.78, 5) is 16.6. The molecule has 1 aliphatic rings. The van der Waals surface area contributed by atoms with Gasteiger partial charge >= 0.3 is 5.97 Å². The first-order valence-corrected chi connectivity index (χ1v) is 11.4. The second-order valence-corrected chi connectivity index (χ2v) is 9.49. The second kappa shape index (κ2) is 7.62. The zero-order chi connectivity index (χ0) is 19.7. The first kappa shape index (κ1) is 19.0. The molecule has 1 fully saturated rings. The molecule has 0 spiro atoms. The van der Waals surface area contributed by atoms with Crippen LogP contribution in [0.3, 0.4) is 0 Å². The molecule has 2 heterocycles. The monoisotopic (exact) mass is 416 g/mol. The number of nitrogens with zero attached hydrogens (tertiary/aromatic N) is 2. The molecular weight excluding hydrogens is 396 g/mol. The summed E-state index contributed by atoms with van der Waals surface area (Å²) in [7, 11) is -3.68. The van der Waals surface area contributed by atoms with Crippen molar-refractivity contribution >= 4 is 37.5 Å². The molecule has 1 atom stereocenters. The lowest BCUT2D eigenvalue weighted by Gasteiger charge is -2.22. The molecule has 3 aromatic rings. The van der Waals surface area contributed by atoms with E-state index in [1.54, 1.807) is 18.3 Å². The number of para-hydroxylation sites is 1. The van der Waals surface area contributed by atoms with E-state index in [1.807, 2.05) is 24.3 Å². The molecule has 0 bridgehead atoms. The third kappa shape index (κ3) is 3.43. The first-order valence-electron chi connectivity index (χ1n) is 9.15. The van der Waals surface area contributed by atoms with E-state index in [2.05, 4.69) is 4.98 Å². The molecule has 146 valence electrons. The van der Waals surface area contributed by atoms with Gasteiger partial charge in [0.05, 0.1) is 33.3 Å². The fraction of sp³-hybridized carbons (Fsp3) is 0.300. The predicted molar refractivity (Wildman–Crippen MR) is 108 cm³/mol. The molecule has 1 aromatic heterocycles. The van der Waals surface area contributed by atoms with Crippen LogP contribution in [0.25, 0.3) is 10.2 Å². The van der Waals surface area contributed by atoms with Crippen LogP contribution in [0, 0.1) is 0 Å². The molecule has 1 aliphatic heterocycles. The Morgan fingerprint density at radius 3 is 2.68 bits per heavy atom. The van der Waals surface area contributed by atoms with Gasteiger partial charge in [-0.1, -0.05) is 12.1 Å². The van der Waals surface area contributed by atoms with E-state index in [1.165, 1.54) is 28.6 Å². The molecule has 6 nitrogen and oxygen atoms in total. The normalized spacial score (nSPS) is 17.8. The lowest BCUT2D eigenvalue weighted by Crippen LogP contribution is -2.30. The fourth-order valence-corrected chi connectivity index (χ4v) is 6.26. The number of carbonyl (C=O) groups excluding carboxylic acids is 1. The lowest BCUT2D eigenvalue weighted by atomic mass is 10.2. The number of rotatable bonds is 5. The van der Waals surface area contributed by atoms with E-state index in [-0.39, 0.29) is 17.5 Å². The van der Waals surface area contributed by atoms with Gasteiger partial charge in [-0.25, -0.2) is 18.2 Å². The van der Waals surface area contributed by atoms with Crippen molar-refractivity contribution in [3.63, 3.8) is 0 Å². The van der Waals surface area contributed by atoms with Crippen LogP contribution in [-0.2, 0) is 14.8 Å². The summed E-state index contributed by atoms with van der Waals surface area (Å²) >= 11 is 1.54. The molecule has 0 N–H and O–H groups in total. The van der Waals surface area contributed by atoms with Gasteiger partial charge in [0.2, 0.25) is 10.0 Å². The van der Waals surface area contributed by atoms with Crippen molar-refractivity contribution in [3.05, 3.63) is 59.1 Å². The van der Waals surface area contributed by atoms with Crippen molar-refractivity contribution in [2.24, 2.45) is 0 Å². The maximum absolute atomic E-state index is 13.2. The van der Waals surface area contributed by atoms with Gasteiger partial charge in [-0.2, -0.15) is 4.31 Å². The van der Waals surface area contributed by atoms with Crippen molar-refractivity contribution in [3.8, 4) is 0 Å². The van der Waals surface area contributed by atoms with Gasteiger partial charge in [-0.15, -0.1) is 11.3 Å². The van der Waals surface area contributed by atoms with Crippen LogP contribution in [0.15, 0.2) is 53.4 Å². The van der Waals surface area contributed by atoms with Crippen LogP contribution in [0.4, 0.5) is 0 Å². The summed E-state index contributed by atoms with van der Waals surface area (Å²) in [6.07, 6.45) is 1.54. The summed E-state index contributed by atoms with van der Waals surface area (Å²) < 4.78 is 34.0. The predicted octanol–water partition coefficient (Wildman–Crippen LogP) is 4.00. The van der Waals surface area contributed by atoms with Gasteiger partial charge in [-0.3, -0.25) is 0 Å². The Labute approximate surface area is 167 Å². The quantitative estimate of drug-likeness (QED) is 0.588. The average molecular weight is 417 g/mol. The third-order valence-corrected chi connectivity index (χ3v) is 7.83. The van der Waals surface area contributed by atoms with Crippen LogP contribution < -0.4 is 0 Å². The molecule has 8 heteroatoms. The maximum Gasteiger partial charge on any atom is 0.338 e. The van der Waals surface area contributed by atoms with Gasteiger partial charge in [0, 0.05) is 6.54 Å². The number of hydrogen-bond acceptors (Lipinski definition) is 6.